The van der Waals surface area contributed by atoms with Crippen LogP contribution in [0.2, 0.25) is 0 Å². The van der Waals surface area contributed by atoms with E-state index >= 15 is 0 Å². The van der Waals surface area contributed by atoms with Gasteiger partial charge in [-0.3, -0.25) is 19.1 Å². The van der Waals surface area contributed by atoms with Crippen molar-refractivity contribution in [2.24, 2.45) is 0 Å². The Kier molecular flexibility index (Phi) is 6.87. The number of piperidine rings is 1. The van der Waals surface area contributed by atoms with E-state index < -0.39 is 6.04 Å². The molecule has 1 fully saturated rings. The summed E-state index contributed by atoms with van der Waals surface area (Å²) >= 11 is 0. The SMILES string of the molecule is CCCNC(=O)[C@H]1CCCCN1C(=O)c1cc2n(n1)CCCN(Cc1ccccc1)C2=O. The number of aromatic nitrogens is 2. The maximum atomic E-state index is 13.3. The summed E-state index contributed by atoms with van der Waals surface area (Å²) in [6, 6.07) is 11.0. The first-order valence-electron chi connectivity index (χ1n) is 11.6. The molecule has 3 heterocycles. The summed E-state index contributed by atoms with van der Waals surface area (Å²) in [6.45, 7) is 4.88. The number of rotatable bonds is 6. The second-order valence-electron chi connectivity index (χ2n) is 8.50. The molecule has 0 bridgehead atoms. The van der Waals surface area contributed by atoms with Gasteiger partial charge in [0.25, 0.3) is 11.8 Å². The fourth-order valence-corrected chi connectivity index (χ4v) is 4.45. The maximum Gasteiger partial charge on any atom is 0.275 e. The zero-order valence-electron chi connectivity index (χ0n) is 18.6. The normalized spacial score (nSPS) is 18.8. The first-order valence-corrected chi connectivity index (χ1v) is 11.6. The quantitative estimate of drug-likeness (QED) is 0.752. The molecule has 0 spiro atoms. The van der Waals surface area contributed by atoms with Crippen LogP contribution >= 0.6 is 0 Å². The summed E-state index contributed by atoms with van der Waals surface area (Å²) in [4.78, 5) is 42.6. The fourth-order valence-electron chi connectivity index (χ4n) is 4.45. The van der Waals surface area contributed by atoms with E-state index in [1.54, 1.807) is 15.6 Å². The standard InChI is InChI=1S/C24H31N5O3/c1-2-12-25-22(30)20-11-6-7-14-28(20)23(31)19-16-21-24(32)27(13-8-15-29(21)26-19)17-18-9-4-3-5-10-18/h3-5,9-10,16,20H,2,6-8,11-15,17H2,1H3,(H,25,30)/t20-/m1/s1. The number of hydrogen-bond acceptors (Lipinski definition) is 4. The number of fused-ring (bicyclic) bond motifs is 1. The number of benzene rings is 1. The van der Waals surface area contributed by atoms with Gasteiger partial charge in [-0.2, -0.15) is 5.10 Å². The summed E-state index contributed by atoms with van der Waals surface area (Å²) in [5.74, 6) is -0.496. The molecule has 0 unspecified atom stereocenters. The van der Waals surface area contributed by atoms with Crippen molar-refractivity contribution in [3.8, 4) is 0 Å². The summed E-state index contributed by atoms with van der Waals surface area (Å²) in [5.41, 5.74) is 1.75. The third kappa shape index (κ3) is 4.69. The Bertz CT molecular complexity index is 971. The average Bonchev–Trinajstić information content (AvgIpc) is 3.20. The number of carbonyl (C=O) groups is 3. The fraction of sp³-hybridized carbons (Fsp3) is 0.500. The molecule has 2 aromatic rings. The van der Waals surface area contributed by atoms with Crippen molar-refractivity contribution >= 4 is 17.7 Å². The highest BCUT2D eigenvalue weighted by molar-refractivity contribution is 5.99. The van der Waals surface area contributed by atoms with Gasteiger partial charge >= 0.3 is 0 Å². The first-order chi connectivity index (χ1) is 15.6. The van der Waals surface area contributed by atoms with Crippen LogP contribution in [0.4, 0.5) is 0 Å². The molecule has 4 rings (SSSR count). The molecule has 1 saturated heterocycles. The highest BCUT2D eigenvalue weighted by atomic mass is 16.2. The largest absolute Gasteiger partial charge is 0.354 e. The molecule has 1 aromatic heterocycles. The number of likely N-dealkylation sites (tertiary alicyclic amines) is 1. The third-order valence-electron chi connectivity index (χ3n) is 6.14. The average molecular weight is 438 g/mol. The second kappa shape index (κ2) is 9.97. The van der Waals surface area contributed by atoms with Crippen LogP contribution in [0.5, 0.6) is 0 Å². The van der Waals surface area contributed by atoms with Gasteiger partial charge in [-0.05, 0) is 37.7 Å². The molecule has 32 heavy (non-hydrogen) atoms. The topological polar surface area (TPSA) is 87.5 Å². The molecular weight excluding hydrogens is 406 g/mol. The van der Waals surface area contributed by atoms with Crippen molar-refractivity contribution < 1.29 is 14.4 Å². The Labute approximate surface area is 188 Å². The van der Waals surface area contributed by atoms with E-state index in [9.17, 15) is 14.4 Å². The lowest BCUT2D eigenvalue weighted by Crippen LogP contribution is -2.52. The van der Waals surface area contributed by atoms with Gasteiger partial charge in [-0.15, -0.1) is 0 Å². The lowest BCUT2D eigenvalue weighted by molar-refractivity contribution is -0.126. The molecule has 1 aromatic carbocycles. The van der Waals surface area contributed by atoms with Crippen LogP contribution < -0.4 is 5.32 Å². The van der Waals surface area contributed by atoms with Crippen LogP contribution in [-0.4, -0.2) is 63.0 Å². The lowest BCUT2D eigenvalue weighted by Gasteiger charge is -2.34. The minimum absolute atomic E-state index is 0.106. The van der Waals surface area contributed by atoms with E-state index in [4.69, 9.17) is 0 Å². The monoisotopic (exact) mass is 437 g/mol. The Morgan fingerprint density at radius 2 is 1.91 bits per heavy atom. The molecule has 8 heteroatoms. The molecule has 0 saturated carbocycles. The lowest BCUT2D eigenvalue weighted by atomic mass is 10.0. The summed E-state index contributed by atoms with van der Waals surface area (Å²) in [5, 5.41) is 7.39. The third-order valence-corrected chi connectivity index (χ3v) is 6.14. The zero-order chi connectivity index (χ0) is 22.5. The van der Waals surface area contributed by atoms with Gasteiger partial charge in [0.15, 0.2) is 5.69 Å². The van der Waals surface area contributed by atoms with E-state index in [2.05, 4.69) is 10.4 Å². The van der Waals surface area contributed by atoms with Crippen molar-refractivity contribution in [2.75, 3.05) is 19.6 Å². The molecule has 2 aliphatic rings. The smallest absolute Gasteiger partial charge is 0.275 e. The van der Waals surface area contributed by atoms with Crippen LogP contribution in [0.1, 0.15) is 65.6 Å². The number of aryl methyl sites for hydroxylation is 1. The van der Waals surface area contributed by atoms with Crippen LogP contribution in [-0.2, 0) is 17.9 Å². The second-order valence-corrected chi connectivity index (χ2v) is 8.50. The summed E-state index contributed by atoms with van der Waals surface area (Å²) in [6.07, 6.45) is 4.05. The summed E-state index contributed by atoms with van der Waals surface area (Å²) < 4.78 is 1.65. The van der Waals surface area contributed by atoms with Crippen molar-refractivity contribution in [3.63, 3.8) is 0 Å². The molecule has 8 nitrogen and oxygen atoms in total. The van der Waals surface area contributed by atoms with Crippen LogP contribution in [0.15, 0.2) is 36.4 Å². The minimum atomic E-state index is -0.477. The molecule has 0 aliphatic carbocycles. The predicted molar refractivity (Wildman–Crippen MR) is 120 cm³/mol. The van der Waals surface area contributed by atoms with E-state index in [-0.39, 0.29) is 23.4 Å². The molecular formula is C24H31N5O3. The van der Waals surface area contributed by atoms with Crippen molar-refractivity contribution in [2.45, 2.75) is 58.2 Å². The molecule has 3 amide bonds. The van der Waals surface area contributed by atoms with Gasteiger partial charge in [0.1, 0.15) is 11.7 Å². The number of amides is 3. The highest BCUT2D eigenvalue weighted by Crippen LogP contribution is 2.22. The Morgan fingerprint density at radius 3 is 2.69 bits per heavy atom. The van der Waals surface area contributed by atoms with Crippen molar-refractivity contribution in [1.82, 2.24) is 24.9 Å². The van der Waals surface area contributed by atoms with Gasteiger partial charge < -0.3 is 15.1 Å². The molecule has 2 aliphatic heterocycles. The van der Waals surface area contributed by atoms with Gasteiger partial charge in [-0.25, -0.2) is 0 Å². The number of nitrogens with zero attached hydrogens (tertiary/aromatic N) is 4. The zero-order valence-corrected chi connectivity index (χ0v) is 18.6. The first kappa shape index (κ1) is 22.0. The molecule has 0 radical (unpaired) electrons. The van der Waals surface area contributed by atoms with E-state index in [1.165, 1.54) is 0 Å². The van der Waals surface area contributed by atoms with Gasteiger partial charge in [-0.1, -0.05) is 37.3 Å². The Morgan fingerprint density at radius 1 is 1.09 bits per heavy atom. The predicted octanol–water partition coefficient (Wildman–Crippen LogP) is 2.45. The van der Waals surface area contributed by atoms with E-state index in [0.717, 1.165) is 31.2 Å². The molecule has 170 valence electrons. The Hall–Kier alpha value is -3.16. The van der Waals surface area contributed by atoms with Crippen molar-refractivity contribution in [3.05, 3.63) is 53.3 Å². The van der Waals surface area contributed by atoms with Crippen LogP contribution in [0, 0.1) is 0 Å². The van der Waals surface area contributed by atoms with Gasteiger partial charge in [0.05, 0.1) is 0 Å². The van der Waals surface area contributed by atoms with Gasteiger partial charge in [0.2, 0.25) is 5.91 Å². The van der Waals surface area contributed by atoms with Crippen LogP contribution in [0.3, 0.4) is 0 Å². The van der Waals surface area contributed by atoms with Crippen LogP contribution in [0.25, 0.3) is 0 Å². The summed E-state index contributed by atoms with van der Waals surface area (Å²) in [7, 11) is 0. The highest BCUT2D eigenvalue weighted by Gasteiger charge is 2.35. The molecule has 1 N–H and O–H groups in total. The number of carbonyl (C=O) groups excluding carboxylic acids is 3. The minimum Gasteiger partial charge on any atom is -0.354 e. The van der Waals surface area contributed by atoms with E-state index in [1.807, 2.05) is 42.2 Å². The maximum absolute atomic E-state index is 13.3. The van der Waals surface area contributed by atoms with Gasteiger partial charge in [0, 0.05) is 38.8 Å². The number of nitrogens with one attached hydrogen (secondary N) is 1. The van der Waals surface area contributed by atoms with E-state index in [0.29, 0.717) is 44.8 Å². The number of hydrogen-bond donors (Lipinski definition) is 1. The molecule has 1 atom stereocenters. The Balaban J connectivity index is 1.53. The van der Waals surface area contributed by atoms with Crippen molar-refractivity contribution in [1.29, 1.82) is 0 Å².